The smallest absolute Gasteiger partial charge is 0.226 e. The molecule has 0 unspecified atom stereocenters. The summed E-state index contributed by atoms with van der Waals surface area (Å²) in [6, 6.07) is 1.81. The van der Waals surface area contributed by atoms with Crippen molar-refractivity contribution in [1.29, 1.82) is 0 Å². The lowest BCUT2D eigenvalue weighted by atomic mass is 9.56. The first kappa shape index (κ1) is 16.0. The lowest BCUT2D eigenvalue weighted by Gasteiger charge is -2.57. The van der Waals surface area contributed by atoms with Gasteiger partial charge in [0.15, 0.2) is 0 Å². The van der Waals surface area contributed by atoms with Crippen molar-refractivity contribution in [2.75, 3.05) is 13.2 Å². The van der Waals surface area contributed by atoms with E-state index in [1.807, 2.05) is 33.9 Å². The molecule has 118 valence electrons. The van der Waals surface area contributed by atoms with E-state index in [1.165, 1.54) is 0 Å². The molecule has 1 amide bonds. The predicted octanol–water partition coefficient (Wildman–Crippen LogP) is 0.645. The number of aryl methyl sites for hydroxylation is 1. The van der Waals surface area contributed by atoms with Gasteiger partial charge in [-0.1, -0.05) is 13.8 Å². The Bertz CT molecular complexity index is 512. The topological polar surface area (TPSA) is 76.4 Å². The van der Waals surface area contributed by atoms with E-state index in [4.69, 9.17) is 4.74 Å². The van der Waals surface area contributed by atoms with E-state index < -0.39 is 5.60 Å². The molecule has 0 spiro atoms. The zero-order chi connectivity index (χ0) is 15.7. The molecule has 1 aromatic rings. The number of hydrogen-bond donors (Lipinski definition) is 2. The van der Waals surface area contributed by atoms with E-state index >= 15 is 0 Å². The van der Waals surface area contributed by atoms with Crippen molar-refractivity contribution in [2.24, 2.45) is 12.5 Å². The summed E-state index contributed by atoms with van der Waals surface area (Å²) in [4.78, 5) is 11.9. The standard InChI is InChI=1S/C15H25N3O3/c1-5-21-12-9-15(20,14(12,2)3)10-16-13(19)8-11-6-7-18(4)17-11/h6-7,12,20H,5,8-10H2,1-4H3,(H,16,19)/t12-,15+/m1/s1. The lowest BCUT2D eigenvalue weighted by molar-refractivity contribution is -0.238. The number of amides is 1. The van der Waals surface area contributed by atoms with Crippen LogP contribution in [-0.4, -0.2) is 45.7 Å². The van der Waals surface area contributed by atoms with Crippen molar-refractivity contribution in [3.05, 3.63) is 18.0 Å². The SMILES string of the molecule is CCO[C@@H]1C[C@](O)(CNC(=O)Cc2ccn(C)n2)C1(C)C. The molecule has 0 saturated heterocycles. The Balaban J connectivity index is 1.84. The maximum atomic E-state index is 11.9. The predicted molar refractivity (Wildman–Crippen MR) is 78.7 cm³/mol. The van der Waals surface area contributed by atoms with Gasteiger partial charge in [0.25, 0.3) is 0 Å². The van der Waals surface area contributed by atoms with E-state index in [0.717, 1.165) is 5.69 Å². The number of aliphatic hydroxyl groups is 1. The van der Waals surface area contributed by atoms with Gasteiger partial charge in [-0.2, -0.15) is 5.10 Å². The summed E-state index contributed by atoms with van der Waals surface area (Å²) in [5.41, 5.74) is -0.546. The van der Waals surface area contributed by atoms with Crippen LogP contribution < -0.4 is 5.32 Å². The number of carbonyl (C=O) groups is 1. The van der Waals surface area contributed by atoms with Crippen LogP contribution in [0, 0.1) is 5.41 Å². The van der Waals surface area contributed by atoms with Crippen LogP contribution in [0.3, 0.4) is 0 Å². The molecule has 1 aliphatic rings. The first-order valence-corrected chi connectivity index (χ1v) is 7.37. The number of ether oxygens (including phenoxy) is 1. The van der Waals surface area contributed by atoms with Gasteiger partial charge >= 0.3 is 0 Å². The highest BCUT2D eigenvalue weighted by atomic mass is 16.5. The van der Waals surface area contributed by atoms with E-state index in [2.05, 4.69) is 10.4 Å². The van der Waals surface area contributed by atoms with Crippen molar-refractivity contribution >= 4 is 5.91 Å². The monoisotopic (exact) mass is 295 g/mol. The maximum absolute atomic E-state index is 11.9. The first-order chi connectivity index (χ1) is 9.78. The zero-order valence-electron chi connectivity index (χ0n) is 13.2. The summed E-state index contributed by atoms with van der Waals surface area (Å²) in [6.45, 7) is 6.77. The highest BCUT2D eigenvalue weighted by Crippen LogP contribution is 2.50. The van der Waals surface area contributed by atoms with Gasteiger partial charge in [0.2, 0.25) is 5.91 Å². The second-order valence-electron chi connectivity index (χ2n) is 6.34. The van der Waals surface area contributed by atoms with E-state index in [-0.39, 0.29) is 30.4 Å². The molecule has 1 fully saturated rings. The third kappa shape index (κ3) is 3.11. The Morgan fingerprint density at radius 2 is 2.33 bits per heavy atom. The fourth-order valence-corrected chi connectivity index (χ4v) is 2.79. The molecular weight excluding hydrogens is 270 g/mol. The second kappa shape index (κ2) is 5.77. The van der Waals surface area contributed by atoms with Crippen molar-refractivity contribution in [3.8, 4) is 0 Å². The Morgan fingerprint density at radius 3 is 2.86 bits per heavy atom. The van der Waals surface area contributed by atoms with Gasteiger partial charge in [0, 0.05) is 38.2 Å². The van der Waals surface area contributed by atoms with Crippen LogP contribution in [0.15, 0.2) is 12.3 Å². The van der Waals surface area contributed by atoms with Crippen molar-refractivity contribution < 1.29 is 14.6 Å². The number of nitrogens with zero attached hydrogens (tertiary/aromatic N) is 2. The molecule has 1 aliphatic carbocycles. The molecule has 2 N–H and O–H groups in total. The number of hydrogen-bond acceptors (Lipinski definition) is 4. The normalized spacial score (nSPS) is 27.2. The van der Waals surface area contributed by atoms with Crippen molar-refractivity contribution in [3.63, 3.8) is 0 Å². The Kier molecular flexibility index (Phi) is 4.39. The maximum Gasteiger partial charge on any atom is 0.226 e. The molecule has 0 bridgehead atoms. The number of aromatic nitrogens is 2. The number of carbonyl (C=O) groups excluding carboxylic acids is 1. The molecule has 1 aromatic heterocycles. The molecule has 0 radical (unpaired) electrons. The van der Waals surface area contributed by atoms with Gasteiger partial charge in [-0.25, -0.2) is 0 Å². The Hall–Kier alpha value is -1.40. The molecule has 1 saturated carbocycles. The van der Waals surface area contributed by atoms with Crippen molar-refractivity contribution in [1.82, 2.24) is 15.1 Å². The van der Waals surface area contributed by atoms with Crippen LogP contribution in [0.25, 0.3) is 0 Å². The largest absolute Gasteiger partial charge is 0.387 e. The van der Waals surface area contributed by atoms with E-state index in [1.54, 1.807) is 10.9 Å². The highest BCUT2D eigenvalue weighted by Gasteiger charge is 2.59. The third-order valence-corrected chi connectivity index (χ3v) is 4.58. The van der Waals surface area contributed by atoms with E-state index in [9.17, 15) is 9.90 Å². The van der Waals surface area contributed by atoms with Crippen LogP contribution in [0.1, 0.15) is 32.9 Å². The van der Waals surface area contributed by atoms with Gasteiger partial charge in [-0.15, -0.1) is 0 Å². The highest BCUT2D eigenvalue weighted by molar-refractivity contribution is 5.78. The minimum Gasteiger partial charge on any atom is -0.387 e. The second-order valence-corrected chi connectivity index (χ2v) is 6.34. The molecule has 21 heavy (non-hydrogen) atoms. The molecule has 2 atom stereocenters. The molecule has 0 aromatic carbocycles. The number of nitrogens with one attached hydrogen (secondary N) is 1. The summed E-state index contributed by atoms with van der Waals surface area (Å²) in [6.07, 6.45) is 2.63. The summed E-state index contributed by atoms with van der Waals surface area (Å²) < 4.78 is 7.27. The van der Waals surface area contributed by atoms with Crippen LogP contribution in [0.4, 0.5) is 0 Å². The van der Waals surface area contributed by atoms with Crippen LogP contribution in [0.2, 0.25) is 0 Å². The summed E-state index contributed by atoms with van der Waals surface area (Å²) in [5, 5.41) is 17.6. The van der Waals surface area contributed by atoms with Gasteiger partial charge in [-0.3, -0.25) is 9.48 Å². The molecule has 0 aliphatic heterocycles. The summed E-state index contributed by atoms with van der Waals surface area (Å²) >= 11 is 0. The minimum atomic E-state index is -0.910. The molecular formula is C15H25N3O3. The van der Waals surface area contributed by atoms with Crippen molar-refractivity contribution in [2.45, 2.75) is 45.3 Å². The zero-order valence-corrected chi connectivity index (χ0v) is 13.2. The lowest BCUT2D eigenvalue weighted by Crippen LogP contribution is -2.68. The van der Waals surface area contributed by atoms with E-state index in [0.29, 0.717) is 13.0 Å². The molecule has 6 heteroatoms. The molecule has 1 heterocycles. The molecule has 2 rings (SSSR count). The minimum absolute atomic E-state index is 0.0418. The van der Waals surface area contributed by atoms with Gasteiger partial charge in [0.1, 0.15) is 0 Å². The van der Waals surface area contributed by atoms with Crippen LogP contribution in [0.5, 0.6) is 0 Å². The van der Waals surface area contributed by atoms with Gasteiger partial charge in [0.05, 0.1) is 23.8 Å². The number of rotatable bonds is 6. The first-order valence-electron chi connectivity index (χ1n) is 7.37. The quantitative estimate of drug-likeness (QED) is 0.808. The van der Waals surface area contributed by atoms with Crippen LogP contribution >= 0.6 is 0 Å². The van der Waals surface area contributed by atoms with Gasteiger partial charge in [-0.05, 0) is 13.0 Å². The third-order valence-electron chi connectivity index (χ3n) is 4.58. The van der Waals surface area contributed by atoms with Gasteiger partial charge < -0.3 is 15.2 Å². The Labute approximate surface area is 125 Å². The fraction of sp³-hybridized carbons (Fsp3) is 0.733. The average Bonchev–Trinajstić information content (AvgIpc) is 2.81. The summed E-state index contributed by atoms with van der Waals surface area (Å²) in [7, 11) is 1.81. The summed E-state index contributed by atoms with van der Waals surface area (Å²) in [5.74, 6) is -0.127. The van der Waals surface area contributed by atoms with Crippen LogP contribution in [-0.2, 0) is 23.0 Å². The Morgan fingerprint density at radius 1 is 1.62 bits per heavy atom. The molecule has 6 nitrogen and oxygen atoms in total. The average molecular weight is 295 g/mol. The fourth-order valence-electron chi connectivity index (χ4n) is 2.79.